The first-order valence-corrected chi connectivity index (χ1v) is 13.2. The first kappa shape index (κ1) is 25.4. The first-order chi connectivity index (χ1) is 19.5. The Labute approximate surface area is 234 Å². The van der Waals surface area contributed by atoms with Gasteiger partial charge < -0.3 is 15.2 Å². The van der Waals surface area contributed by atoms with Gasteiger partial charge >= 0.3 is 0 Å². The Morgan fingerprint density at radius 3 is 1.52 bits per heavy atom. The molecule has 198 valence electrons. The van der Waals surface area contributed by atoms with Crippen LogP contribution in [0.4, 0.5) is 5.69 Å². The summed E-state index contributed by atoms with van der Waals surface area (Å²) in [4.78, 5) is 17.0. The third-order valence-electron chi connectivity index (χ3n) is 7.87. The molecule has 5 aromatic rings. The van der Waals surface area contributed by atoms with Crippen LogP contribution in [0.3, 0.4) is 0 Å². The minimum atomic E-state index is -1.47. The third kappa shape index (κ3) is 3.70. The number of hydrogen-bond acceptors (Lipinski definition) is 4. The number of rotatable bonds is 7. The lowest BCUT2D eigenvalue weighted by molar-refractivity contribution is -0.122. The molecule has 0 fully saturated rings. The van der Waals surface area contributed by atoms with Crippen molar-refractivity contribution < 1.29 is 14.3 Å². The van der Waals surface area contributed by atoms with Crippen molar-refractivity contribution in [1.29, 1.82) is 0 Å². The fourth-order valence-electron chi connectivity index (χ4n) is 5.95. The Kier molecular flexibility index (Phi) is 6.37. The average Bonchev–Trinajstić information content (AvgIpc) is 3.26. The number of benzene rings is 5. The molecule has 1 atom stereocenters. The number of carbonyl (C=O) groups is 1. The van der Waals surface area contributed by atoms with Crippen molar-refractivity contribution in [3.8, 4) is 11.5 Å². The van der Waals surface area contributed by atoms with E-state index in [-0.39, 0.29) is 5.91 Å². The average molecular weight is 527 g/mol. The minimum absolute atomic E-state index is 0.238. The van der Waals surface area contributed by atoms with Crippen LogP contribution in [-0.2, 0) is 15.9 Å². The highest BCUT2D eigenvalue weighted by molar-refractivity contribution is 6.12. The van der Waals surface area contributed by atoms with Crippen LogP contribution in [0.25, 0.3) is 0 Å². The van der Waals surface area contributed by atoms with Gasteiger partial charge in [-0.2, -0.15) is 0 Å². The highest BCUT2D eigenvalue weighted by atomic mass is 16.5. The Morgan fingerprint density at radius 2 is 1.07 bits per heavy atom. The van der Waals surface area contributed by atoms with Gasteiger partial charge in [-0.15, -0.1) is 0 Å². The Bertz CT molecular complexity index is 1540. The van der Waals surface area contributed by atoms with Gasteiger partial charge in [0, 0.05) is 5.56 Å². The van der Waals surface area contributed by atoms with Crippen LogP contribution >= 0.6 is 0 Å². The van der Waals surface area contributed by atoms with Crippen LogP contribution in [0.1, 0.15) is 27.8 Å². The number of ether oxygens (including phenoxy) is 2. The van der Waals surface area contributed by atoms with E-state index in [1.807, 2.05) is 102 Å². The number of nitrogens with zero attached hydrogens (tertiary/aromatic N) is 1. The molecule has 0 saturated carbocycles. The molecule has 0 spiro atoms. The van der Waals surface area contributed by atoms with Crippen molar-refractivity contribution in [2.24, 2.45) is 5.73 Å². The van der Waals surface area contributed by atoms with E-state index in [0.29, 0.717) is 22.6 Å². The topological polar surface area (TPSA) is 64.8 Å². The van der Waals surface area contributed by atoms with Crippen molar-refractivity contribution in [2.75, 3.05) is 19.1 Å². The molecule has 6 rings (SSSR count). The summed E-state index contributed by atoms with van der Waals surface area (Å²) in [5.74, 6) is 1.08. The maximum atomic E-state index is 15.1. The maximum Gasteiger partial charge on any atom is 0.257 e. The molecule has 5 aromatic carbocycles. The fourth-order valence-corrected chi connectivity index (χ4v) is 5.95. The monoisotopic (exact) mass is 526 g/mol. The Morgan fingerprint density at radius 1 is 0.625 bits per heavy atom. The summed E-state index contributed by atoms with van der Waals surface area (Å²) >= 11 is 0. The summed E-state index contributed by atoms with van der Waals surface area (Å²) in [7, 11) is 3.23. The molecule has 0 saturated heterocycles. The zero-order valence-electron chi connectivity index (χ0n) is 22.5. The molecule has 0 radical (unpaired) electrons. The van der Waals surface area contributed by atoms with Gasteiger partial charge in [-0.3, -0.25) is 9.69 Å². The molecular formula is C35H30N2O3. The van der Waals surface area contributed by atoms with Crippen LogP contribution in [0.2, 0.25) is 0 Å². The molecule has 1 aliphatic heterocycles. The number of hydrogen-bond donors (Lipinski definition) is 1. The SMILES string of the molecule is COc1ccc(C2(N)C(=O)N(C(c3ccccc3)(c3ccccc3)c3ccccc3)c3ccc(OC)cc32)cc1. The molecule has 5 heteroatoms. The lowest BCUT2D eigenvalue weighted by Gasteiger charge is -2.44. The lowest BCUT2D eigenvalue weighted by Crippen LogP contribution is -2.56. The van der Waals surface area contributed by atoms with Crippen molar-refractivity contribution in [1.82, 2.24) is 0 Å². The molecular weight excluding hydrogens is 496 g/mol. The third-order valence-corrected chi connectivity index (χ3v) is 7.87. The molecule has 5 nitrogen and oxygen atoms in total. The quantitative estimate of drug-likeness (QED) is 0.255. The van der Waals surface area contributed by atoms with Crippen LogP contribution in [0.5, 0.6) is 11.5 Å². The molecule has 40 heavy (non-hydrogen) atoms. The van der Waals surface area contributed by atoms with Gasteiger partial charge in [0.15, 0.2) is 0 Å². The number of anilines is 1. The second-order valence-corrected chi connectivity index (χ2v) is 9.87. The van der Waals surface area contributed by atoms with Gasteiger partial charge in [-0.05, 0) is 52.6 Å². The predicted octanol–water partition coefficient (Wildman–Crippen LogP) is 6.24. The molecule has 1 aliphatic rings. The molecule has 0 aliphatic carbocycles. The number of fused-ring (bicyclic) bond motifs is 1. The second kappa shape index (κ2) is 10.0. The zero-order chi connectivity index (χ0) is 27.7. The normalized spacial score (nSPS) is 16.5. The zero-order valence-corrected chi connectivity index (χ0v) is 22.5. The van der Waals surface area contributed by atoms with Crippen LogP contribution in [0.15, 0.2) is 133 Å². The summed E-state index contributed by atoms with van der Waals surface area (Å²) < 4.78 is 11.0. The lowest BCUT2D eigenvalue weighted by atomic mass is 9.75. The molecule has 1 amide bonds. The van der Waals surface area contributed by atoms with E-state index < -0.39 is 11.1 Å². The summed E-state index contributed by atoms with van der Waals surface area (Å²) in [5, 5.41) is 0. The second-order valence-electron chi connectivity index (χ2n) is 9.87. The fraction of sp³-hybridized carbons (Fsp3) is 0.114. The van der Waals surface area contributed by atoms with Gasteiger partial charge in [0.1, 0.15) is 22.6 Å². The molecule has 2 N–H and O–H groups in total. The number of methoxy groups -OCH3 is 2. The summed E-state index contributed by atoms with van der Waals surface area (Å²) in [5.41, 5.74) is 9.70. The van der Waals surface area contributed by atoms with Gasteiger partial charge in [0.2, 0.25) is 0 Å². The van der Waals surface area contributed by atoms with E-state index in [1.54, 1.807) is 14.2 Å². The van der Waals surface area contributed by atoms with Crippen molar-refractivity contribution in [3.05, 3.63) is 161 Å². The summed E-state index contributed by atoms with van der Waals surface area (Å²) in [6.07, 6.45) is 0. The highest BCUT2D eigenvalue weighted by Gasteiger charge is 2.57. The maximum absolute atomic E-state index is 15.1. The van der Waals surface area contributed by atoms with Gasteiger partial charge in [0.05, 0.1) is 19.9 Å². The number of carbonyl (C=O) groups excluding carboxylic acids is 1. The van der Waals surface area contributed by atoms with Crippen molar-refractivity contribution >= 4 is 11.6 Å². The van der Waals surface area contributed by atoms with E-state index in [4.69, 9.17) is 15.2 Å². The summed E-state index contributed by atoms with van der Waals surface area (Å²) in [6.45, 7) is 0. The van der Waals surface area contributed by atoms with Crippen molar-refractivity contribution in [2.45, 2.75) is 11.1 Å². The van der Waals surface area contributed by atoms with Crippen LogP contribution in [-0.4, -0.2) is 20.1 Å². The van der Waals surface area contributed by atoms with E-state index in [9.17, 15) is 0 Å². The first-order valence-electron chi connectivity index (χ1n) is 13.2. The standard InChI is InChI=1S/C35H30N2O3/c1-39-29-20-18-25(19-21-29)34(36)31-24-30(40-2)22-23-32(31)37(33(34)38)35(26-12-6-3-7-13-26,27-14-8-4-9-15-27)28-16-10-5-11-17-28/h3-24H,36H2,1-2H3. The predicted molar refractivity (Wildman–Crippen MR) is 158 cm³/mol. The highest BCUT2D eigenvalue weighted by Crippen LogP contribution is 2.53. The number of nitrogens with two attached hydrogens (primary N) is 1. The van der Waals surface area contributed by atoms with Crippen LogP contribution in [0, 0.1) is 0 Å². The Balaban J connectivity index is 1.72. The Hall–Kier alpha value is -4.87. The van der Waals surface area contributed by atoms with E-state index in [1.165, 1.54) is 0 Å². The molecule has 1 heterocycles. The van der Waals surface area contributed by atoms with Gasteiger partial charge in [-0.25, -0.2) is 0 Å². The van der Waals surface area contributed by atoms with E-state index in [2.05, 4.69) is 36.4 Å². The van der Waals surface area contributed by atoms with E-state index >= 15 is 4.79 Å². The van der Waals surface area contributed by atoms with Crippen LogP contribution < -0.4 is 20.1 Å². The van der Waals surface area contributed by atoms with Crippen molar-refractivity contribution in [3.63, 3.8) is 0 Å². The molecule has 0 aromatic heterocycles. The van der Waals surface area contributed by atoms with Gasteiger partial charge in [0.25, 0.3) is 5.91 Å². The smallest absolute Gasteiger partial charge is 0.257 e. The molecule has 1 unspecified atom stereocenters. The minimum Gasteiger partial charge on any atom is -0.497 e. The van der Waals surface area contributed by atoms with Gasteiger partial charge in [-0.1, -0.05) is 103 Å². The molecule has 0 bridgehead atoms. The summed E-state index contributed by atoms with van der Waals surface area (Å²) in [6, 6.07) is 43.5. The number of amides is 1. The van der Waals surface area contributed by atoms with E-state index in [0.717, 1.165) is 22.4 Å². The largest absolute Gasteiger partial charge is 0.497 e.